The van der Waals surface area contributed by atoms with Crippen molar-refractivity contribution >= 4 is 8.07 Å². The second-order valence-corrected chi connectivity index (χ2v) is 14.6. The molecule has 0 saturated carbocycles. The van der Waals surface area contributed by atoms with E-state index in [4.69, 9.17) is 0 Å². The Morgan fingerprint density at radius 1 is 0.500 bits per heavy atom. The van der Waals surface area contributed by atoms with E-state index < -0.39 is 8.07 Å². The average Bonchev–Trinajstić information content (AvgIpc) is 2.52. The topological polar surface area (TPSA) is 12.0 Å². The first-order valence-corrected chi connectivity index (χ1v) is 15.0. The third-order valence-corrected chi connectivity index (χ3v) is 6.84. The molecule has 0 aliphatic rings. The molecular weight excluding hydrogens is 306 g/mol. The predicted molar refractivity (Wildman–Crippen MR) is 116 cm³/mol. The van der Waals surface area contributed by atoms with Crippen LogP contribution in [0.4, 0.5) is 0 Å². The van der Waals surface area contributed by atoms with Gasteiger partial charge in [-0.05, 0) is 25.9 Å². The number of hydrogen-bond acceptors (Lipinski definition) is 1. The minimum Gasteiger partial charge on any atom is -0.317 e. The fraction of sp³-hybridized carbons (Fsp3) is 1.00. The third kappa shape index (κ3) is 22.2. The number of hydrogen-bond donors (Lipinski definition) is 1. The lowest BCUT2D eigenvalue weighted by Gasteiger charge is -2.15. The van der Waals surface area contributed by atoms with E-state index in [2.05, 4.69) is 31.9 Å². The minimum atomic E-state index is -0.808. The molecule has 0 aromatic rings. The molecule has 24 heavy (non-hydrogen) atoms. The van der Waals surface area contributed by atoms with Crippen LogP contribution >= 0.6 is 0 Å². The van der Waals surface area contributed by atoms with E-state index in [1.54, 1.807) is 0 Å². The van der Waals surface area contributed by atoms with Gasteiger partial charge in [0.1, 0.15) is 0 Å². The molecule has 0 saturated heterocycles. The Balaban J connectivity index is 3.00. The second-order valence-electron chi connectivity index (χ2n) is 9.01. The van der Waals surface area contributed by atoms with Crippen molar-refractivity contribution in [3.63, 3.8) is 0 Å². The molecule has 0 fully saturated rings. The van der Waals surface area contributed by atoms with E-state index in [1.165, 1.54) is 115 Å². The maximum atomic E-state index is 3.62. The van der Waals surface area contributed by atoms with Gasteiger partial charge in [0.25, 0.3) is 0 Å². The molecule has 0 unspecified atom stereocenters. The SMILES string of the molecule is CCCCCCCCCCCCCCCCNCCC[Si](C)(C)C. The quantitative estimate of drug-likeness (QED) is 0.184. The van der Waals surface area contributed by atoms with E-state index in [9.17, 15) is 0 Å². The summed E-state index contributed by atoms with van der Waals surface area (Å²) in [5, 5.41) is 3.62. The maximum Gasteiger partial charge on any atom is 0.0443 e. The van der Waals surface area contributed by atoms with E-state index in [-0.39, 0.29) is 0 Å². The first-order chi connectivity index (χ1) is 11.6. The summed E-state index contributed by atoms with van der Waals surface area (Å²) in [6.07, 6.45) is 21.7. The highest BCUT2D eigenvalue weighted by molar-refractivity contribution is 6.76. The van der Waals surface area contributed by atoms with Crippen molar-refractivity contribution in [2.75, 3.05) is 13.1 Å². The van der Waals surface area contributed by atoms with Crippen molar-refractivity contribution < 1.29 is 0 Å². The lowest BCUT2D eigenvalue weighted by atomic mass is 10.0. The molecule has 0 atom stereocenters. The van der Waals surface area contributed by atoms with E-state index in [1.807, 2.05) is 0 Å². The summed E-state index contributed by atoms with van der Waals surface area (Å²) in [4.78, 5) is 0. The van der Waals surface area contributed by atoms with Crippen LogP contribution < -0.4 is 5.32 Å². The summed E-state index contributed by atoms with van der Waals surface area (Å²) in [5.74, 6) is 0. The number of nitrogens with one attached hydrogen (secondary N) is 1. The zero-order valence-corrected chi connectivity index (χ0v) is 18.7. The van der Waals surface area contributed by atoms with Crippen LogP contribution in [0, 0.1) is 0 Å². The van der Waals surface area contributed by atoms with Crippen molar-refractivity contribution in [3.8, 4) is 0 Å². The molecule has 0 aromatic heterocycles. The molecule has 0 bridgehead atoms. The second kappa shape index (κ2) is 18.0. The summed E-state index contributed by atoms with van der Waals surface area (Å²) in [7, 11) is -0.808. The lowest BCUT2D eigenvalue weighted by molar-refractivity contribution is 0.529. The normalized spacial score (nSPS) is 12.0. The Bertz CT molecular complexity index is 235. The predicted octanol–water partition coefficient (Wildman–Crippen LogP) is 7.79. The standard InChI is InChI=1S/C22H49NSi/c1-5-6-7-8-9-10-11-12-13-14-15-16-17-18-20-23-21-19-22-24(2,3)4/h23H,5-22H2,1-4H3. The van der Waals surface area contributed by atoms with Crippen LogP contribution in [-0.2, 0) is 0 Å². The van der Waals surface area contributed by atoms with Crippen LogP contribution in [0.5, 0.6) is 0 Å². The summed E-state index contributed by atoms with van der Waals surface area (Å²) < 4.78 is 0. The summed E-state index contributed by atoms with van der Waals surface area (Å²) in [5.41, 5.74) is 0. The van der Waals surface area contributed by atoms with Gasteiger partial charge in [0.2, 0.25) is 0 Å². The van der Waals surface area contributed by atoms with Gasteiger partial charge in [-0.1, -0.05) is 116 Å². The van der Waals surface area contributed by atoms with Crippen molar-refractivity contribution in [2.24, 2.45) is 0 Å². The fourth-order valence-corrected chi connectivity index (χ4v) is 4.55. The molecule has 0 aliphatic heterocycles. The van der Waals surface area contributed by atoms with Crippen LogP contribution in [-0.4, -0.2) is 21.2 Å². The van der Waals surface area contributed by atoms with Gasteiger partial charge in [0, 0.05) is 8.07 Å². The van der Waals surface area contributed by atoms with Gasteiger partial charge in [0.15, 0.2) is 0 Å². The maximum absolute atomic E-state index is 3.62. The van der Waals surface area contributed by atoms with Crippen molar-refractivity contribution in [1.82, 2.24) is 5.32 Å². The molecule has 0 aliphatic carbocycles. The van der Waals surface area contributed by atoms with Gasteiger partial charge in [-0.3, -0.25) is 0 Å². The summed E-state index contributed by atoms with van der Waals surface area (Å²) >= 11 is 0. The zero-order valence-electron chi connectivity index (χ0n) is 17.7. The highest BCUT2D eigenvalue weighted by Gasteiger charge is 2.11. The lowest BCUT2D eigenvalue weighted by Crippen LogP contribution is -2.23. The molecule has 0 radical (unpaired) electrons. The van der Waals surface area contributed by atoms with Gasteiger partial charge in [0.05, 0.1) is 0 Å². The Kier molecular flexibility index (Phi) is 18.1. The molecule has 0 spiro atoms. The molecule has 0 aromatic carbocycles. The number of unbranched alkanes of at least 4 members (excludes halogenated alkanes) is 13. The van der Waals surface area contributed by atoms with Crippen LogP contribution in [0.1, 0.15) is 103 Å². The van der Waals surface area contributed by atoms with Crippen LogP contribution in [0.25, 0.3) is 0 Å². The smallest absolute Gasteiger partial charge is 0.0443 e. The fourth-order valence-electron chi connectivity index (χ4n) is 3.31. The van der Waals surface area contributed by atoms with E-state index in [0.717, 1.165) is 0 Å². The van der Waals surface area contributed by atoms with E-state index in [0.29, 0.717) is 0 Å². The van der Waals surface area contributed by atoms with Crippen LogP contribution in [0.2, 0.25) is 25.7 Å². The Morgan fingerprint density at radius 2 is 0.875 bits per heavy atom. The molecule has 0 amide bonds. The highest BCUT2D eigenvalue weighted by atomic mass is 28.3. The summed E-state index contributed by atoms with van der Waals surface area (Å²) in [6, 6.07) is 1.47. The third-order valence-electron chi connectivity index (χ3n) is 4.99. The molecule has 146 valence electrons. The Labute approximate surface area is 155 Å². The minimum absolute atomic E-state index is 0.808. The largest absolute Gasteiger partial charge is 0.317 e. The van der Waals surface area contributed by atoms with Gasteiger partial charge < -0.3 is 5.32 Å². The molecule has 0 rings (SSSR count). The summed E-state index contributed by atoms with van der Waals surface area (Å²) in [6.45, 7) is 12.2. The highest BCUT2D eigenvalue weighted by Crippen LogP contribution is 2.13. The van der Waals surface area contributed by atoms with Crippen LogP contribution in [0.3, 0.4) is 0 Å². The molecule has 2 heteroatoms. The van der Waals surface area contributed by atoms with Crippen LogP contribution in [0.15, 0.2) is 0 Å². The van der Waals surface area contributed by atoms with Gasteiger partial charge in [-0.15, -0.1) is 0 Å². The average molecular weight is 356 g/mol. The molecule has 0 heterocycles. The van der Waals surface area contributed by atoms with Crippen molar-refractivity contribution in [1.29, 1.82) is 0 Å². The molecule has 1 nitrogen and oxygen atoms in total. The molecular formula is C22H49NSi. The number of rotatable bonds is 19. The van der Waals surface area contributed by atoms with Crippen molar-refractivity contribution in [2.45, 2.75) is 129 Å². The van der Waals surface area contributed by atoms with Gasteiger partial charge in [-0.2, -0.15) is 0 Å². The van der Waals surface area contributed by atoms with Gasteiger partial charge in [-0.25, -0.2) is 0 Å². The first-order valence-electron chi connectivity index (χ1n) is 11.3. The van der Waals surface area contributed by atoms with E-state index >= 15 is 0 Å². The zero-order chi connectivity index (χ0) is 17.9. The monoisotopic (exact) mass is 355 g/mol. The van der Waals surface area contributed by atoms with Gasteiger partial charge >= 0.3 is 0 Å². The van der Waals surface area contributed by atoms with Crippen molar-refractivity contribution in [3.05, 3.63) is 0 Å². The first kappa shape index (κ1) is 24.2. The Morgan fingerprint density at radius 3 is 1.29 bits per heavy atom. The molecule has 1 N–H and O–H groups in total. The Hall–Kier alpha value is 0.177.